The molecule has 0 aliphatic rings. The van der Waals surface area contributed by atoms with E-state index in [-0.39, 0.29) is 6.04 Å². The predicted molar refractivity (Wildman–Crippen MR) is 69.3 cm³/mol. The predicted octanol–water partition coefficient (Wildman–Crippen LogP) is 2.25. The van der Waals surface area contributed by atoms with Gasteiger partial charge in [-0.3, -0.25) is 10.8 Å². The molecule has 0 saturated carbocycles. The van der Waals surface area contributed by atoms with Crippen molar-refractivity contribution in [2.45, 2.75) is 19.9 Å². The molecule has 3 heteroatoms. The zero-order valence-electron chi connectivity index (χ0n) is 10.1. The van der Waals surface area contributed by atoms with Gasteiger partial charge < -0.3 is 0 Å². The first-order valence-corrected chi connectivity index (χ1v) is 5.65. The molecule has 0 amide bonds. The minimum Gasteiger partial charge on any atom is -0.271 e. The van der Waals surface area contributed by atoms with Crippen molar-refractivity contribution in [1.29, 1.82) is 0 Å². The Morgan fingerprint density at radius 3 is 2.71 bits per heavy atom. The zero-order valence-corrected chi connectivity index (χ0v) is 10.1. The summed E-state index contributed by atoms with van der Waals surface area (Å²) in [6, 6.07) is 10.4. The van der Waals surface area contributed by atoms with Crippen molar-refractivity contribution in [2.75, 3.05) is 0 Å². The Hall–Kier alpha value is -1.71. The normalized spacial score (nSPS) is 12.4. The van der Waals surface area contributed by atoms with Gasteiger partial charge in [-0.05, 0) is 36.6 Å². The summed E-state index contributed by atoms with van der Waals surface area (Å²) in [5.41, 5.74) is 7.57. The summed E-state index contributed by atoms with van der Waals surface area (Å²) < 4.78 is 0. The maximum absolute atomic E-state index is 5.69. The Bertz CT molecular complexity index is 508. The summed E-state index contributed by atoms with van der Waals surface area (Å²) in [4.78, 5) is 4.10. The number of rotatable bonds is 3. The molecule has 0 fully saturated rings. The lowest BCUT2D eigenvalue weighted by Gasteiger charge is -2.19. The first kappa shape index (κ1) is 11.8. The zero-order chi connectivity index (χ0) is 12.3. The van der Waals surface area contributed by atoms with E-state index < -0.39 is 0 Å². The molecule has 1 atom stereocenters. The number of benzene rings is 1. The van der Waals surface area contributed by atoms with Crippen LogP contribution in [0.2, 0.25) is 0 Å². The van der Waals surface area contributed by atoms with E-state index in [1.807, 2.05) is 25.3 Å². The third-order valence-corrected chi connectivity index (χ3v) is 2.92. The monoisotopic (exact) mass is 227 g/mol. The number of aromatic nitrogens is 1. The van der Waals surface area contributed by atoms with Crippen molar-refractivity contribution >= 4 is 0 Å². The van der Waals surface area contributed by atoms with Gasteiger partial charge in [0.05, 0.1) is 6.04 Å². The van der Waals surface area contributed by atoms with E-state index in [0.29, 0.717) is 0 Å². The molecule has 3 nitrogen and oxygen atoms in total. The second-order valence-corrected chi connectivity index (χ2v) is 4.25. The number of pyridine rings is 1. The van der Waals surface area contributed by atoms with Crippen molar-refractivity contribution in [1.82, 2.24) is 10.4 Å². The van der Waals surface area contributed by atoms with Crippen molar-refractivity contribution in [3.05, 3.63) is 65.0 Å². The maximum atomic E-state index is 5.69. The number of nitrogens with one attached hydrogen (secondary N) is 1. The van der Waals surface area contributed by atoms with Gasteiger partial charge in [0.2, 0.25) is 0 Å². The van der Waals surface area contributed by atoms with Crippen LogP contribution in [0.15, 0.2) is 42.7 Å². The summed E-state index contributed by atoms with van der Waals surface area (Å²) in [5.74, 6) is 5.69. The minimum atomic E-state index is 0.0119. The largest absolute Gasteiger partial charge is 0.271 e. The summed E-state index contributed by atoms with van der Waals surface area (Å²) in [5, 5.41) is 0. The fourth-order valence-corrected chi connectivity index (χ4v) is 2.02. The average Bonchev–Trinajstić information content (AvgIpc) is 2.33. The second-order valence-electron chi connectivity index (χ2n) is 4.25. The van der Waals surface area contributed by atoms with Crippen LogP contribution in [-0.4, -0.2) is 4.98 Å². The molecule has 88 valence electrons. The minimum absolute atomic E-state index is 0.0119. The van der Waals surface area contributed by atoms with Crippen LogP contribution in [0.25, 0.3) is 0 Å². The molecule has 0 bridgehead atoms. The molecular formula is C14H17N3. The van der Waals surface area contributed by atoms with Crippen molar-refractivity contribution < 1.29 is 0 Å². The average molecular weight is 227 g/mol. The van der Waals surface area contributed by atoms with Crippen LogP contribution < -0.4 is 11.3 Å². The smallest absolute Gasteiger partial charge is 0.0713 e. The maximum Gasteiger partial charge on any atom is 0.0713 e. The van der Waals surface area contributed by atoms with Gasteiger partial charge in [0.25, 0.3) is 0 Å². The van der Waals surface area contributed by atoms with Crippen molar-refractivity contribution in [2.24, 2.45) is 5.84 Å². The Morgan fingerprint density at radius 1 is 1.24 bits per heavy atom. The van der Waals surface area contributed by atoms with Gasteiger partial charge in [-0.2, -0.15) is 0 Å². The van der Waals surface area contributed by atoms with E-state index in [2.05, 4.69) is 35.5 Å². The van der Waals surface area contributed by atoms with Gasteiger partial charge >= 0.3 is 0 Å². The van der Waals surface area contributed by atoms with E-state index in [1.165, 1.54) is 11.1 Å². The van der Waals surface area contributed by atoms with Gasteiger partial charge in [-0.1, -0.05) is 29.8 Å². The summed E-state index contributed by atoms with van der Waals surface area (Å²) in [7, 11) is 0. The van der Waals surface area contributed by atoms with E-state index in [0.717, 1.165) is 11.1 Å². The van der Waals surface area contributed by atoms with Crippen molar-refractivity contribution in [3.63, 3.8) is 0 Å². The lowest BCUT2D eigenvalue weighted by Crippen LogP contribution is -2.29. The molecule has 0 radical (unpaired) electrons. The lowest BCUT2D eigenvalue weighted by molar-refractivity contribution is 0.632. The Morgan fingerprint density at radius 2 is 2.06 bits per heavy atom. The van der Waals surface area contributed by atoms with E-state index in [4.69, 9.17) is 5.84 Å². The molecule has 1 aromatic heterocycles. The Labute approximate surface area is 102 Å². The molecule has 1 unspecified atom stereocenters. The highest BCUT2D eigenvalue weighted by Crippen LogP contribution is 2.23. The van der Waals surface area contributed by atoms with Gasteiger partial charge in [0.15, 0.2) is 0 Å². The van der Waals surface area contributed by atoms with Crippen LogP contribution in [0.5, 0.6) is 0 Å². The van der Waals surface area contributed by atoms with Crippen LogP contribution in [-0.2, 0) is 0 Å². The second kappa shape index (κ2) is 5.08. The number of hydrogen-bond acceptors (Lipinski definition) is 3. The van der Waals surface area contributed by atoms with Crippen molar-refractivity contribution in [3.8, 4) is 0 Å². The molecule has 2 aromatic rings. The topological polar surface area (TPSA) is 50.9 Å². The third-order valence-electron chi connectivity index (χ3n) is 2.92. The van der Waals surface area contributed by atoms with E-state index >= 15 is 0 Å². The lowest BCUT2D eigenvalue weighted by atomic mass is 9.96. The highest BCUT2D eigenvalue weighted by atomic mass is 15.2. The Kier molecular flexibility index (Phi) is 3.52. The number of nitrogens with zero attached hydrogens (tertiary/aromatic N) is 1. The molecule has 0 aliphatic carbocycles. The van der Waals surface area contributed by atoms with Crippen LogP contribution in [0.3, 0.4) is 0 Å². The number of nitrogens with two attached hydrogens (primary N) is 1. The third kappa shape index (κ3) is 2.52. The van der Waals surface area contributed by atoms with Gasteiger partial charge in [0.1, 0.15) is 0 Å². The van der Waals surface area contributed by atoms with Gasteiger partial charge in [-0.25, -0.2) is 5.43 Å². The quantitative estimate of drug-likeness (QED) is 0.624. The van der Waals surface area contributed by atoms with Crippen LogP contribution >= 0.6 is 0 Å². The van der Waals surface area contributed by atoms with Crippen LogP contribution in [0, 0.1) is 13.8 Å². The van der Waals surface area contributed by atoms with E-state index in [1.54, 1.807) is 6.20 Å². The highest BCUT2D eigenvalue weighted by Gasteiger charge is 2.14. The molecule has 17 heavy (non-hydrogen) atoms. The molecule has 1 aromatic carbocycles. The SMILES string of the molecule is Cc1cccc(C(NN)c2ccncc2C)c1. The first-order valence-electron chi connectivity index (χ1n) is 5.65. The fraction of sp³-hybridized carbons (Fsp3) is 0.214. The summed E-state index contributed by atoms with van der Waals surface area (Å²) in [6.45, 7) is 4.12. The fourth-order valence-electron chi connectivity index (χ4n) is 2.02. The van der Waals surface area contributed by atoms with Gasteiger partial charge in [0, 0.05) is 12.4 Å². The molecule has 0 saturated heterocycles. The van der Waals surface area contributed by atoms with Crippen LogP contribution in [0.4, 0.5) is 0 Å². The summed E-state index contributed by atoms with van der Waals surface area (Å²) >= 11 is 0. The number of hydrogen-bond donors (Lipinski definition) is 2. The molecule has 3 N–H and O–H groups in total. The molecule has 1 heterocycles. The molecule has 2 rings (SSSR count). The summed E-state index contributed by atoms with van der Waals surface area (Å²) in [6.07, 6.45) is 3.65. The molecular weight excluding hydrogens is 210 g/mol. The first-order chi connectivity index (χ1) is 8.22. The molecule has 0 spiro atoms. The van der Waals surface area contributed by atoms with Gasteiger partial charge in [-0.15, -0.1) is 0 Å². The number of hydrazine groups is 1. The number of aryl methyl sites for hydroxylation is 2. The highest BCUT2D eigenvalue weighted by molar-refractivity contribution is 5.36. The Balaban J connectivity index is 2.44. The molecule has 0 aliphatic heterocycles. The van der Waals surface area contributed by atoms with E-state index in [9.17, 15) is 0 Å². The van der Waals surface area contributed by atoms with Crippen LogP contribution in [0.1, 0.15) is 28.3 Å². The standard InChI is InChI=1S/C14H17N3/c1-10-4-3-5-12(8-10)14(17-15)13-6-7-16-9-11(13)2/h3-9,14,17H,15H2,1-2H3.